The van der Waals surface area contributed by atoms with Crippen LogP contribution in [0.1, 0.15) is 39.0 Å². The topological polar surface area (TPSA) is 79.0 Å². The molecule has 0 atom stereocenters. The number of benzene rings is 1. The minimum absolute atomic E-state index is 0.0492. The van der Waals surface area contributed by atoms with Gasteiger partial charge >= 0.3 is 0 Å². The second kappa shape index (κ2) is 10.4. The van der Waals surface area contributed by atoms with E-state index in [9.17, 15) is 13.2 Å². The summed E-state index contributed by atoms with van der Waals surface area (Å²) in [5.41, 5.74) is 1.01. The van der Waals surface area contributed by atoms with Gasteiger partial charge in [0.25, 0.3) is 0 Å². The number of hydrogen-bond acceptors (Lipinski definition) is 5. The van der Waals surface area contributed by atoms with E-state index in [1.165, 1.54) is 0 Å². The Hall–Kier alpha value is -1.64. The van der Waals surface area contributed by atoms with Crippen molar-refractivity contribution in [3.05, 3.63) is 24.3 Å². The molecular weight excluding hydrogens is 390 g/mol. The van der Waals surface area contributed by atoms with Crippen molar-refractivity contribution in [3.8, 4) is 0 Å². The number of carbonyl (C=O) groups is 1. The van der Waals surface area contributed by atoms with Gasteiger partial charge in [0.1, 0.15) is 0 Å². The highest BCUT2D eigenvalue weighted by Gasteiger charge is 2.28. The van der Waals surface area contributed by atoms with Crippen LogP contribution in [0, 0.1) is 5.92 Å². The zero-order valence-corrected chi connectivity index (χ0v) is 18.1. The molecule has 2 aliphatic rings. The van der Waals surface area contributed by atoms with Crippen LogP contribution in [-0.4, -0.2) is 64.6 Å². The van der Waals surface area contributed by atoms with Crippen LogP contribution in [0.3, 0.4) is 0 Å². The lowest BCUT2D eigenvalue weighted by atomic mass is 9.95. The summed E-state index contributed by atoms with van der Waals surface area (Å²) >= 11 is 0. The highest BCUT2D eigenvalue weighted by atomic mass is 32.2. The Morgan fingerprint density at radius 2 is 1.76 bits per heavy atom. The number of sulfonamides is 1. The molecule has 1 aromatic rings. The molecule has 7 nitrogen and oxygen atoms in total. The highest BCUT2D eigenvalue weighted by molar-refractivity contribution is 7.89. The summed E-state index contributed by atoms with van der Waals surface area (Å²) in [4.78, 5) is 14.9. The Balaban J connectivity index is 1.47. The van der Waals surface area contributed by atoms with Crippen LogP contribution < -0.4 is 10.2 Å². The highest BCUT2D eigenvalue weighted by Crippen LogP contribution is 2.26. The SMILES string of the molecule is CCOCCCNC(=O)C1CCN(c2ccc(S(=O)(=O)N3CCCC3)cc2)CC1. The van der Waals surface area contributed by atoms with Crippen LogP contribution in [0.25, 0.3) is 0 Å². The van der Waals surface area contributed by atoms with Crippen molar-refractivity contribution in [1.82, 2.24) is 9.62 Å². The number of rotatable bonds is 9. The normalized spacial score (nSPS) is 18.9. The second-order valence-electron chi connectivity index (χ2n) is 7.71. The van der Waals surface area contributed by atoms with Gasteiger partial charge in [-0.15, -0.1) is 0 Å². The quantitative estimate of drug-likeness (QED) is 0.616. The van der Waals surface area contributed by atoms with E-state index in [-0.39, 0.29) is 11.8 Å². The molecule has 162 valence electrons. The molecule has 2 saturated heterocycles. The zero-order chi connectivity index (χ0) is 20.7. The monoisotopic (exact) mass is 423 g/mol. The summed E-state index contributed by atoms with van der Waals surface area (Å²) in [5, 5.41) is 3.01. The van der Waals surface area contributed by atoms with E-state index in [1.54, 1.807) is 16.4 Å². The van der Waals surface area contributed by atoms with Gasteiger partial charge in [0, 0.05) is 57.5 Å². The third kappa shape index (κ3) is 5.71. The molecule has 2 fully saturated rings. The van der Waals surface area contributed by atoms with Gasteiger partial charge in [-0.3, -0.25) is 4.79 Å². The fourth-order valence-corrected chi connectivity index (χ4v) is 5.50. The average molecular weight is 424 g/mol. The summed E-state index contributed by atoms with van der Waals surface area (Å²) in [5.74, 6) is 0.182. The number of nitrogens with zero attached hydrogens (tertiary/aromatic N) is 2. The number of piperidine rings is 1. The van der Waals surface area contributed by atoms with Crippen LogP contribution in [0.4, 0.5) is 5.69 Å². The maximum atomic E-state index is 12.6. The van der Waals surface area contributed by atoms with Crippen molar-refractivity contribution in [1.29, 1.82) is 0 Å². The number of hydrogen-bond donors (Lipinski definition) is 1. The van der Waals surface area contributed by atoms with E-state index in [2.05, 4.69) is 10.2 Å². The van der Waals surface area contributed by atoms with Gasteiger partial charge in [-0.05, 0) is 63.3 Å². The molecule has 0 bridgehead atoms. The average Bonchev–Trinajstić information content (AvgIpc) is 3.30. The first-order valence-corrected chi connectivity index (χ1v) is 12.2. The van der Waals surface area contributed by atoms with Crippen molar-refractivity contribution in [3.63, 3.8) is 0 Å². The first-order chi connectivity index (χ1) is 14.0. The van der Waals surface area contributed by atoms with E-state index >= 15 is 0 Å². The lowest BCUT2D eigenvalue weighted by Crippen LogP contribution is -2.41. The molecule has 0 unspecified atom stereocenters. The van der Waals surface area contributed by atoms with Gasteiger partial charge in [0.15, 0.2) is 0 Å². The van der Waals surface area contributed by atoms with E-state index in [0.29, 0.717) is 37.7 Å². The number of ether oxygens (including phenoxy) is 1. The predicted octanol–water partition coefficient (Wildman–Crippen LogP) is 2.23. The van der Waals surface area contributed by atoms with Crippen LogP contribution in [0.5, 0.6) is 0 Å². The molecule has 8 heteroatoms. The van der Waals surface area contributed by atoms with Crippen LogP contribution >= 0.6 is 0 Å². The summed E-state index contributed by atoms with van der Waals surface area (Å²) in [6.07, 6.45) is 4.33. The molecule has 1 amide bonds. The van der Waals surface area contributed by atoms with E-state index < -0.39 is 10.0 Å². The smallest absolute Gasteiger partial charge is 0.243 e. The molecule has 2 aliphatic heterocycles. The Morgan fingerprint density at radius 1 is 1.10 bits per heavy atom. The largest absolute Gasteiger partial charge is 0.382 e. The fraction of sp³-hybridized carbons (Fsp3) is 0.667. The van der Waals surface area contributed by atoms with Crippen molar-refractivity contribution >= 4 is 21.6 Å². The molecule has 3 rings (SSSR count). The molecule has 0 radical (unpaired) electrons. The molecule has 0 aliphatic carbocycles. The lowest BCUT2D eigenvalue weighted by molar-refractivity contribution is -0.125. The van der Waals surface area contributed by atoms with Crippen molar-refractivity contribution in [2.45, 2.75) is 43.9 Å². The number of amides is 1. The van der Waals surface area contributed by atoms with Crippen LogP contribution in [-0.2, 0) is 19.6 Å². The second-order valence-corrected chi connectivity index (χ2v) is 9.65. The first-order valence-electron chi connectivity index (χ1n) is 10.7. The van der Waals surface area contributed by atoms with Gasteiger partial charge in [-0.25, -0.2) is 8.42 Å². The minimum atomic E-state index is -3.37. The van der Waals surface area contributed by atoms with Crippen molar-refractivity contribution in [2.75, 3.05) is 50.8 Å². The van der Waals surface area contributed by atoms with Gasteiger partial charge < -0.3 is 15.0 Å². The van der Waals surface area contributed by atoms with Gasteiger partial charge in [-0.1, -0.05) is 0 Å². The lowest BCUT2D eigenvalue weighted by Gasteiger charge is -2.33. The van der Waals surface area contributed by atoms with Gasteiger partial charge in [0.2, 0.25) is 15.9 Å². The van der Waals surface area contributed by atoms with Crippen molar-refractivity contribution < 1.29 is 17.9 Å². The zero-order valence-electron chi connectivity index (χ0n) is 17.3. The third-order valence-corrected chi connectivity index (χ3v) is 7.65. The molecule has 0 aromatic heterocycles. The number of nitrogens with one attached hydrogen (secondary N) is 1. The van der Waals surface area contributed by atoms with Crippen LogP contribution in [0.15, 0.2) is 29.2 Å². The van der Waals surface area contributed by atoms with Crippen LogP contribution in [0.2, 0.25) is 0 Å². The predicted molar refractivity (Wildman–Crippen MR) is 113 cm³/mol. The first kappa shape index (κ1) is 22.1. The fourth-order valence-electron chi connectivity index (χ4n) is 3.98. The number of carbonyl (C=O) groups excluding carboxylic acids is 1. The molecule has 1 N–H and O–H groups in total. The minimum Gasteiger partial charge on any atom is -0.382 e. The van der Waals surface area contributed by atoms with Gasteiger partial charge in [0.05, 0.1) is 4.90 Å². The molecule has 1 aromatic carbocycles. The van der Waals surface area contributed by atoms with E-state index in [0.717, 1.165) is 50.9 Å². The Morgan fingerprint density at radius 3 is 2.38 bits per heavy atom. The molecule has 0 spiro atoms. The van der Waals surface area contributed by atoms with E-state index in [1.807, 2.05) is 19.1 Å². The summed E-state index contributed by atoms with van der Waals surface area (Å²) in [7, 11) is -3.37. The summed E-state index contributed by atoms with van der Waals surface area (Å²) < 4.78 is 32.1. The maximum absolute atomic E-state index is 12.6. The summed E-state index contributed by atoms with van der Waals surface area (Å²) in [6.45, 7) is 6.84. The molecule has 29 heavy (non-hydrogen) atoms. The molecular formula is C21H33N3O4S. The van der Waals surface area contributed by atoms with E-state index in [4.69, 9.17) is 4.74 Å². The Kier molecular flexibility index (Phi) is 7.91. The van der Waals surface area contributed by atoms with Gasteiger partial charge in [-0.2, -0.15) is 4.31 Å². The standard InChI is InChI=1S/C21H33N3O4S/c1-2-28-17-5-12-22-21(25)18-10-15-23(16-11-18)19-6-8-20(9-7-19)29(26,27)24-13-3-4-14-24/h6-9,18H,2-5,10-17H2,1H3,(H,22,25). The number of anilines is 1. The van der Waals surface area contributed by atoms with Crippen molar-refractivity contribution in [2.24, 2.45) is 5.92 Å². The maximum Gasteiger partial charge on any atom is 0.243 e. The Labute approximate surface area is 174 Å². The molecule has 2 heterocycles. The summed E-state index contributed by atoms with van der Waals surface area (Å²) in [6, 6.07) is 7.19. The Bertz CT molecular complexity index is 753. The third-order valence-electron chi connectivity index (χ3n) is 5.74. The molecule has 0 saturated carbocycles.